The van der Waals surface area contributed by atoms with E-state index in [4.69, 9.17) is 5.73 Å². The molecule has 1 aliphatic rings. The van der Waals surface area contributed by atoms with Gasteiger partial charge < -0.3 is 5.73 Å². The first-order chi connectivity index (χ1) is 9.95. The summed E-state index contributed by atoms with van der Waals surface area (Å²) in [7, 11) is 1.61. The van der Waals surface area contributed by atoms with Gasteiger partial charge in [-0.05, 0) is 19.3 Å². The summed E-state index contributed by atoms with van der Waals surface area (Å²) in [6.45, 7) is 0.664. The van der Waals surface area contributed by atoms with Crippen molar-refractivity contribution in [1.29, 1.82) is 0 Å². The second kappa shape index (κ2) is 7.04. The van der Waals surface area contributed by atoms with Crippen LogP contribution in [0.5, 0.6) is 0 Å². The van der Waals surface area contributed by atoms with E-state index < -0.39 is 10.0 Å². The van der Waals surface area contributed by atoms with Crippen LogP contribution in [0.1, 0.15) is 32.1 Å². The van der Waals surface area contributed by atoms with E-state index in [1.807, 2.05) is 0 Å². The van der Waals surface area contributed by atoms with E-state index in [2.05, 4.69) is 15.0 Å². The smallest absolute Gasteiger partial charge is 0.326 e. The Balaban J connectivity index is 2.20. The highest BCUT2D eigenvalue weighted by atomic mass is 32.2. The lowest BCUT2D eigenvalue weighted by Crippen LogP contribution is -2.51. The number of sulfonamides is 1. The molecule has 6 nitrogen and oxygen atoms in total. The monoisotopic (exact) mass is 328 g/mol. The molecular formula is C13H24N4O2SSi+. The third kappa shape index (κ3) is 3.94. The maximum absolute atomic E-state index is 12.7. The molecule has 1 saturated carbocycles. The first kappa shape index (κ1) is 16.7. The van der Waals surface area contributed by atoms with Crippen LogP contribution in [0.15, 0.2) is 17.6 Å². The number of nitrogens with zero attached hydrogens (tertiary/aromatic N) is 2. The zero-order valence-corrected chi connectivity index (χ0v) is 14.3. The normalized spacial score (nSPS) is 23.4. The standard InChI is InChI=1S/C13H24N4O2SSi/c1-16-8-9-17(7-4-10-21)13(16)20(18,19)15-12-6-3-2-5-11(12)14/h8-9,11-12,15H,2-7,10,14H2,1H3/q+1/t11-,12-/m1/s1. The zero-order valence-electron chi connectivity index (χ0n) is 12.5. The van der Waals surface area contributed by atoms with Crippen molar-refractivity contribution in [2.75, 3.05) is 0 Å². The van der Waals surface area contributed by atoms with Crippen molar-refractivity contribution in [1.82, 2.24) is 9.29 Å². The molecule has 0 aromatic carbocycles. The Morgan fingerprint density at radius 1 is 1.48 bits per heavy atom. The number of hydrogen-bond acceptors (Lipinski definition) is 3. The lowest BCUT2D eigenvalue weighted by atomic mass is 9.92. The van der Waals surface area contributed by atoms with Crippen LogP contribution >= 0.6 is 0 Å². The van der Waals surface area contributed by atoms with Crippen molar-refractivity contribution in [2.24, 2.45) is 12.8 Å². The van der Waals surface area contributed by atoms with Gasteiger partial charge >= 0.3 is 15.2 Å². The maximum atomic E-state index is 12.7. The molecule has 8 heteroatoms. The molecule has 21 heavy (non-hydrogen) atoms. The van der Waals surface area contributed by atoms with Crippen LogP contribution in [0.4, 0.5) is 0 Å². The highest BCUT2D eigenvalue weighted by molar-refractivity contribution is 7.89. The molecule has 0 spiro atoms. The second-order valence-corrected chi connectivity index (χ2v) is 7.77. The SMILES string of the molecule is C[n+]1ccn(CCC[Si])c1S(=O)(=O)N[C@@H]1CCCC[C@H]1N. The molecule has 1 aliphatic carbocycles. The highest BCUT2D eigenvalue weighted by Gasteiger charge is 2.34. The minimum atomic E-state index is -3.56. The molecule has 1 heterocycles. The molecule has 0 aliphatic heterocycles. The van der Waals surface area contributed by atoms with Crippen LogP contribution in [0.3, 0.4) is 0 Å². The van der Waals surface area contributed by atoms with Gasteiger partial charge in [0.2, 0.25) is 0 Å². The van der Waals surface area contributed by atoms with Gasteiger partial charge in [0, 0.05) is 22.3 Å². The quantitative estimate of drug-likeness (QED) is 0.562. The van der Waals surface area contributed by atoms with E-state index in [-0.39, 0.29) is 12.1 Å². The molecule has 3 N–H and O–H groups in total. The fraction of sp³-hybridized carbons (Fsp3) is 0.769. The number of rotatable bonds is 6. The molecule has 0 saturated heterocycles. The van der Waals surface area contributed by atoms with Gasteiger partial charge in [-0.25, -0.2) is 13.9 Å². The number of hydrogen-bond donors (Lipinski definition) is 2. The summed E-state index contributed by atoms with van der Waals surface area (Å²) < 4.78 is 31.6. The van der Waals surface area contributed by atoms with Crippen molar-refractivity contribution in [3.63, 3.8) is 0 Å². The minimum Gasteiger partial charge on any atom is -0.326 e. The van der Waals surface area contributed by atoms with Crippen LogP contribution in [-0.4, -0.2) is 35.3 Å². The molecule has 1 aromatic heterocycles. The lowest BCUT2D eigenvalue weighted by molar-refractivity contribution is -0.710. The predicted octanol–water partition coefficient (Wildman–Crippen LogP) is -0.162. The van der Waals surface area contributed by atoms with Gasteiger partial charge in [-0.15, -0.1) is 0 Å². The molecular weight excluding hydrogens is 304 g/mol. The number of imidazole rings is 1. The van der Waals surface area contributed by atoms with Gasteiger partial charge in [0.1, 0.15) is 12.4 Å². The minimum absolute atomic E-state index is 0.0931. The van der Waals surface area contributed by atoms with Crippen LogP contribution < -0.4 is 15.0 Å². The van der Waals surface area contributed by atoms with Crippen LogP contribution in [0.2, 0.25) is 6.04 Å². The van der Waals surface area contributed by atoms with Crippen molar-refractivity contribution in [3.8, 4) is 0 Å². The van der Waals surface area contributed by atoms with Gasteiger partial charge in [0.25, 0.3) is 0 Å². The summed E-state index contributed by atoms with van der Waals surface area (Å²) in [5, 5.41) is 0.292. The Morgan fingerprint density at radius 3 is 2.86 bits per heavy atom. The molecule has 2 rings (SSSR count). The number of nitrogens with two attached hydrogens (primary N) is 1. The summed E-state index contributed by atoms with van der Waals surface area (Å²) in [6, 6.07) is 0.579. The number of aryl methyl sites for hydroxylation is 2. The van der Waals surface area contributed by atoms with Crippen molar-refractivity contribution in [3.05, 3.63) is 12.4 Å². The topological polar surface area (TPSA) is 81.0 Å². The van der Waals surface area contributed by atoms with Crippen molar-refractivity contribution >= 4 is 20.3 Å². The third-order valence-corrected chi connectivity index (χ3v) is 5.93. The predicted molar refractivity (Wildman–Crippen MR) is 81.3 cm³/mol. The largest absolute Gasteiger partial charge is 0.390 e. The van der Waals surface area contributed by atoms with Crippen LogP contribution in [0, 0.1) is 0 Å². The number of aromatic nitrogens is 2. The van der Waals surface area contributed by atoms with E-state index in [1.54, 1.807) is 28.6 Å². The van der Waals surface area contributed by atoms with Gasteiger partial charge in [-0.2, -0.15) is 8.42 Å². The van der Waals surface area contributed by atoms with Crippen molar-refractivity contribution < 1.29 is 13.0 Å². The van der Waals surface area contributed by atoms with Gasteiger partial charge in [0.15, 0.2) is 0 Å². The highest BCUT2D eigenvalue weighted by Crippen LogP contribution is 2.19. The number of nitrogens with one attached hydrogen (secondary N) is 1. The van der Waals surface area contributed by atoms with Crippen LogP contribution in [0.25, 0.3) is 0 Å². The fourth-order valence-corrected chi connectivity index (χ4v) is 4.69. The van der Waals surface area contributed by atoms with E-state index in [0.29, 0.717) is 11.7 Å². The molecule has 0 unspecified atom stereocenters. The summed E-state index contributed by atoms with van der Waals surface area (Å²) in [6.07, 6.45) is 8.24. The summed E-state index contributed by atoms with van der Waals surface area (Å²) in [4.78, 5) is 0. The molecule has 0 amide bonds. The summed E-state index contributed by atoms with van der Waals surface area (Å²) in [5.41, 5.74) is 6.05. The average Bonchev–Trinajstić information content (AvgIpc) is 2.81. The fourth-order valence-electron chi connectivity index (χ4n) is 2.83. The Bertz CT molecular complexity index is 573. The average molecular weight is 329 g/mol. The Hall–Kier alpha value is -0.703. The van der Waals surface area contributed by atoms with E-state index in [9.17, 15) is 8.42 Å². The Kier molecular flexibility index (Phi) is 5.58. The first-order valence-corrected chi connectivity index (χ1v) is 9.62. The molecule has 1 aromatic rings. The molecule has 3 radical (unpaired) electrons. The maximum Gasteiger partial charge on any atom is 0.390 e. The van der Waals surface area contributed by atoms with Crippen molar-refractivity contribution in [2.45, 2.75) is 61.9 Å². The molecule has 2 atom stereocenters. The van der Waals surface area contributed by atoms with E-state index in [1.165, 1.54) is 0 Å². The Labute approximate surface area is 130 Å². The van der Waals surface area contributed by atoms with E-state index in [0.717, 1.165) is 38.1 Å². The summed E-state index contributed by atoms with van der Waals surface area (Å²) in [5.74, 6) is 0. The molecule has 1 fully saturated rings. The van der Waals surface area contributed by atoms with E-state index >= 15 is 0 Å². The van der Waals surface area contributed by atoms with Gasteiger partial charge in [-0.3, -0.25) is 0 Å². The third-order valence-electron chi connectivity index (χ3n) is 3.96. The zero-order chi connectivity index (χ0) is 15.5. The first-order valence-electron chi connectivity index (χ1n) is 7.43. The van der Waals surface area contributed by atoms with Gasteiger partial charge in [-0.1, -0.05) is 18.9 Å². The second-order valence-electron chi connectivity index (χ2n) is 5.66. The van der Waals surface area contributed by atoms with Gasteiger partial charge in [0.05, 0.1) is 13.6 Å². The van der Waals surface area contributed by atoms with Crippen LogP contribution in [-0.2, 0) is 23.6 Å². The Morgan fingerprint density at radius 2 is 2.19 bits per heavy atom. The lowest BCUT2D eigenvalue weighted by Gasteiger charge is -2.28. The molecule has 117 valence electrons. The summed E-state index contributed by atoms with van der Waals surface area (Å²) >= 11 is 0. The molecule has 0 bridgehead atoms.